The van der Waals surface area contributed by atoms with Crippen LogP contribution in [0.5, 0.6) is 5.75 Å². The normalized spacial score (nSPS) is 12.2. The highest BCUT2D eigenvalue weighted by Gasteiger charge is 2.19. The lowest BCUT2D eigenvalue weighted by Gasteiger charge is -2.23. The van der Waals surface area contributed by atoms with Gasteiger partial charge in [-0.15, -0.1) is 0 Å². The summed E-state index contributed by atoms with van der Waals surface area (Å²) < 4.78 is 5.69. The van der Waals surface area contributed by atoms with E-state index in [0.29, 0.717) is 0 Å². The van der Waals surface area contributed by atoms with Crippen LogP contribution >= 0.6 is 0 Å². The van der Waals surface area contributed by atoms with Crippen LogP contribution in [0.3, 0.4) is 0 Å². The van der Waals surface area contributed by atoms with Crippen LogP contribution < -0.4 is 10.1 Å². The number of hydrogen-bond donors (Lipinski definition) is 1. The van der Waals surface area contributed by atoms with Crippen LogP contribution in [0, 0.1) is 20.8 Å². The molecule has 112 valence electrons. The lowest BCUT2D eigenvalue weighted by atomic mass is 9.93. The molecule has 0 aliphatic carbocycles. The molecular weight excluding hydrogens is 258 g/mol. The Bertz CT molecular complexity index is 602. The van der Waals surface area contributed by atoms with Gasteiger partial charge in [0.2, 0.25) is 0 Å². The topological polar surface area (TPSA) is 21.3 Å². The maximum Gasteiger partial charge on any atom is 0.127 e. The van der Waals surface area contributed by atoms with Crippen molar-refractivity contribution in [2.24, 2.45) is 0 Å². The van der Waals surface area contributed by atoms with Crippen LogP contribution in [0.15, 0.2) is 36.4 Å². The van der Waals surface area contributed by atoms with Gasteiger partial charge in [-0.3, -0.25) is 0 Å². The van der Waals surface area contributed by atoms with Crippen LogP contribution in [0.4, 0.5) is 0 Å². The highest BCUT2D eigenvalue weighted by Crippen LogP contribution is 2.34. The van der Waals surface area contributed by atoms with E-state index in [-0.39, 0.29) is 6.04 Å². The third-order valence-electron chi connectivity index (χ3n) is 4.04. The van der Waals surface area contributed by atoms with Crippen LogP contribution in [-0.4, -0.2) is 13.7 Å². The van der Waals surface area contributed by atoms with E-state index >= 15 is 0 Å². The summed E-state index contributed by atoms with van der Waals surface area (Å²) in [5, 5.41) is 3.58. The van der Waals surface area contributed by atoms with Crippen molar-refractivity contribution in [3.8, 4) is 5.75 Å². The van der Waals surface area contributed by atoms with Gasteiger partial charge >= 0.3 is 0 Å². The van der Waals surface area contributed by atoms with E-state index in [9.17, 15) is 0 Å². The minimum atomic E-state index is 0.157. The fourth-order valence-electron chi connectivity index (χ4n) is 2.68. The fourth-order valence-corrected chi connectivity index (χ4v) is 2.68. The molecule has 2 rings (SSSR count). The molecule has 2 aromatic rings. The molecule has 0 bridgehead atoms. The fraction of sp³-hybridized carbons (Fsp3) is 0.368. The minimum Gasteiger partial charge on any atom is -0.496 e. The van der Waals surface area contributed by atoms with Gasteiger partial charge in [0.25, 0.3) is 0 Å². The number of benzene rings is 2. The monoisotopic (exact) mass is 283 g/mol. The van der Waals surface area contributed by atoms with Crippen molar-refractivity contribution in [2.75, 3.05) is 13.7 Å². The van der Waals surface area contributed by atoms with Crippen molar-refractivity contribution in [3.63, 3.8) is 0 Å². The summed E-state index contributed by atoms with van der Waals surface area (Å²) in [6.07, 6.45) is 0. The lowest BCUT2D eigenvalue weighted by Crippen LogP contribution is -2.22. The number of rotatable bonds is 5. The maximum atomic E-state index is 5.69. The highest BCUT2D eigenvalue weighted by molar-refractivity contribution is 5.49. The second kappa shape index (κ2) is 6.77. The Labute approximate surface area is 128 Å². The molecule has 0 heterocycles. The Balaban J connectivity index is 2.52. The van der Waals surface area contributed by atoms with E-state index in [1.165, 1.54) is 27.8 Å². The summed E-state index contributed by atoms with van der Waals surface area (Å²) in [6.45, 7) is 9.40. The van der Waals surface area contributed by atoms with E-state index < -0.39 is 0 Å². The average molecular weight is 283 g/mol. The summed E-state index contributed by atoms with van der Waals surface area (Å²) in [4.78, 5) is 0. The first-order valence-electron chi connectivity index (χ1n) is 7.52. The quantitative estimate of drug-likeness (QED) is 0.882. The Morgan fingerprint density at radius 1 is 1.00 bits per heavy atom. The molecule has 0 spiro atoms. The molecule has 0 amide bonds. The average Bonchev–Trinajstić information content (AvgIpc) is 2.49. The first-order valence-corrected chi connectivity index (χ1v) is 7.52. The molecular formula is C19H25NO. The Morgan fingerprint density at radius 3 is 2.24 bits per heavy atom. The van der Waals surface area contributed by atoms with Crippen molar-refractivity contribution >= 4 is 0 Å². The van der Waals surface area contributed by atoms with Gasteiger partial charge in [0.1, 0.15) is 5.75 Å². The SMILES string of the molecule is CCNC(c1ccc(C)cc1)c1ccc(C)c(C)c1OC. The summed E-state index contributed by atoms with van der Waals surface area (Å²) in [5.74, 6) is 0.988. The smallest absolute Gasteiger partial charge is 0.127 e. The Hall–Kier alpha value is -1.80. The predicted molar refractivity (Wildman–Crippen MR) is 89.2 cm³/mol. The molecule has 1 atom stereocenters. The van der Waals surface area contributed by atoms with Gasteiger partial charge in [-0.1, -0.05) is 48.9 Å². The molecule has 0 radical (unpaired) electrons. The molecule has 1 unspecified atom stereocenters. The summed E-state index contributed by atoms with van der Waals surface area (Å²) in [7, 11) is 1.75. The number of ether oxygens (including phenoxy) is 1. The second-order valence-electron chi connectivity index (χ2n) is 5.53. The van der Waals surface area contributed by atoms with Crippen LogP contribution in [0.2, 0.25) is 0 Å². The number of aryl methyl sites for hydroxylation is 2. The molecule has 21 heavy (non-hydrogen) atoms. The van der Waals surface area contributed by atoms with Crippen molar-refractivity contribution < 1.29 is 4.74 Å². The van der Waals surface area contributed by atoms with E-state index in [1.54, 1.807) is 7.11 Å². The van der Waals surface area contributed by atoms with Crippen molar-refractivity contribution in [1.82, 2.24) is 5.32 Å². The summed E-state index contributed by atoms with van der Waals surface area (Å²) in [6, 6.07) is 13.2. The summed E-state index contributed by atoms with van der Waals surface area (Å²) in [5.41, 5.74) is 6.22. The standard InChI is InChI=1S/C19H25NO/c1-6-20-18(16-10-7-13(2)8-11-16)17-12-9-14(3)15(4)19(17)21-5/h7-12,18,20H,6H2,1-5H3. The molecule has 0 aliphatic heterocycles. The lowest BCUT2D eigenvalue weighted by molar-refractivity contribution is 0.401. The molecule has 0 fully saturated rings. The highest BCUT2D eigenvalue weighted by atomic mass is 16.5. The van der Waals surface area contributed by atoms with Crippen LogP contribution in [0.25, 0.3) is 0 Å². The van der Waals surface area contributed by atoms with Crippen molar-refractivity contribution in [3.05, 3.63) is 64.2 Å². The first kappa shape index (κ1) is 15.6. The van der Waals surface area contributed by atoms with Crippen molar-refractivity contribution in [1.29, 1.82) is 0 Å². The molecule has 0 aliphatic rings. The molecule has 0 aromatic heterocycles. The zero-order chi connectivity index (χ0) is 15.4. The molecule has 0 saturated heterocycles. The van der Waals surface area contributed by atoms with Gasteiger partial charge in [-0.05, 0) is 44.0 Å². The van der Waals surface area contributed by atoms with Crippen LogP contribution in [-0.2, 0) is 0 Å². The molecule has 1 N–H and O–H groups in total. The maximum absolute atomic E-state index is 5.69. The minimum absolute atomic E-state index is 0.157. The van der Waals surface area contributed by atoms with E-state index in [4.69, 9.17) is 4.74 Å². The van der Waals surface area contributed by atoms with E-state index in [0.717, 1.165) is 12.3 Å². The van der Waals surface area contributed by atoms with Gasteiger partial charge < -0.3 is 10.1 Å². The zero-order valence-electron chi connectivity index (χ0n) is 13.7. The predicted octanol–water partition coefficient (Wildman–Crippen LogP) is 4.32. The Kier molecular flexibility index (Phi) is 5.03. The van der Waals surface area contributed by atoms with Crippen LogP contribution in [0.1, 0.15) is 40.8 Å². The van der Waals surface area contributed by atoms with Gasteiger partial charge in [-0.25, -0.2) is 0 Å². The number of hydrogen-bond acceptors (Lipinski definition) is 2. The number of nitrogens with one attached hydrogen (secondary N) is 1. The van der Waals surface area contributed by atoms with Crippen molar-refractivity contribution in [2.45, 2.75) is 33.7 Å². The molecule has 0 saturated carbocycles. The second-order valence-corrected chi connectivity index (χ2v) is 5.53. The van der Waals surface area contributed by atoms with Gasteiger partial charge in [-0.2, -0.15) is 0 Å². The van der Waals surface area contributed by atoms with E-state index in [1.807, 2.05) is 0 Å². The largest absolute Gasteiger partial charge is 0.496 e. The summed E-state index contributed by atoms with van der Waals surface area (Å²) >= 11 is 0. The molecule has 2 nitrogen and oxygen atoms in total. The van der Waals surface area contributed by atoms with E-state index in [2.05, 4.69) is 69.4 Å². The molecule has 2 heteroatoms. The zero-order valence-corrected chi connectivity index (χ0v) is 13.7. The van der Waals surface area contributed by atoms with Gasteiger partial charge in [0.05, 0.1) is 13.2 Å². The Morgan fingerprint density at radius 2 is 1.67 bits per heavy atom. The molecule has 2 aromatic carbocycles. The first-order chi connectivity index (χ1) is 10.1. The third-order valence-corrected chi connectivity index (χ3v) is 4.04. The number of methoxy groups -OCH3 is 1. The van der Waals surface area contributed by atoms with Gasteiger partial charge in [0.15, 0.2) is 0 Å². The van der Waals surface area contributed by atoms with Gasteiger partial charge in [0, 0.05) is 5.56 Å². The third kappa shape index (κ3) is 3.27.